The normalized spacial score (nSPS) is 14.6. The van der Waals surface area contributed by atoms with E-state index >= 15 is 0 Å². The molecule has 0 radical (unpaired) electrons. The van der Waals surface area contributed by atoms with Gasteiger partial charge in [0.1, 0.15) is 18.0 Å². The Bertz CT molecular complexity index is 1210. The molecular weight excluding hydrogens is 445 g/mol. The summed E-state index contributed by atoms with van der Waals surface area (Å²) >= 11 is 6.42. The number of nitrogens with two attached hydrogens (primary N) is 1. The fourth-order valence-electron chi connectivity index (χ4n) is 3.67. The molecular formula is C21H18ClF3N6O. The van der Waals surface area contributed by atoms with E-state index in [1.807, 2.05) is 4.90 Å². The Morgan fingerprint density at radius 2 is 1.88 bits per heavy atom. The summed E-state index contributed by atoms with van der Waals surface area (Å²) in [5, 5.41) is 0.653. The fraction of sp³-hybridized carbons (Fsp3) is 0.238. The van der Waals surface area contributed by atoms with Gasteiger partial charge in [-0.2, -0.15) is 13.2 Å². The van der Waals surface area contributed by atoms with Gasteiger partial charge in [0.05, 0.1) is 21.8 Å². The number of benzene rings is 1. The van der Waals surface area contributed by atoms with Crippen molar-refractivity contribution in [1.82, 2.24) is 19.9 Å². The Morgan fingerprint density at radius 1 is 1.16 bits per heavy atom. The van der Waals surface area contributed by atoms with Crippen molar-refractivity contribution in [3.63, 3.8) is 0 Å². The predicted molar refractivity (Wildman–Crippen MR) is 116 cm³/mol. The van der Waals surface area contributed by atoms with Crippen molar-refractivity contribution in [2.24, 2.45) is 0 Å². The number of halogens is 4. The summed E-state index contributed by atoms with van der Waals surface area (Å²) in [5.41, 5.74) is 4.83. The second-order valence-electron chi connectivity index (χ2n) is 7.19. The highest BCUT2D eigenvalue weighted by molar-refractivity contribution is 6.34. The number of alkyl halides is 3. The molecule has 0 unspecified atom stereocenters. The van der Waals surface area contributed by atoms with Crippen LogP contribution in [0.3, 0.4) is 0 Å². The van der Waals surface area contributed by atoms with Gasteiger partial charge in [0.2, 0.25) is 5.91 Å². The summed E-state index contributed by atoms with van der Waals surface area (Å²) < 4.78 is 40.6. The standard InChI is InChI=1S/C21H18ClF3N6O/c1-2-18(32)30-5-7-31(8-6-30)20-13-9-15(22)12(10-16(13)27-11-28-20)19-14(21(23,24)25)3-4-17(26)29-19/h2-4,9-11H,1,5-8H2,(H2,26,29). The second-order valence-corrected chi connectivity index (χ2v) is 7.60. The highest BCUT2D eigenvalue weighted by Crippen LogP contribution is 2.40. The largest absolute Gasteiger partial charge is 0.418 e. The van der Waals surface area contributed by atoms with Crippen molar-refractivity contribution >= 4 is 40.0 Å². The lowest BCUT2D eigenvalue weighted by molar-refractivity contribution is -0.137. The van der Waals surface area contributed by atoms with Gasteiger partial charge in [-0.05, 0) is 30.3 Å². The van der Waals surface area contributed by atoms with E-state index in [4.69, 9.17) is 17.3 Å². The molecule has 166 valence electrons. The molecule has 0 spiro atoms. The maximum absolute atomic E-state index is 13.5. The third kappa shape index (κ3) is 4.05. The Balaban J connectivity index is 1.76. The van der Waals surface area contributed by atoms with Gasteiger partial charge in [0, 0.05) is 37.1 Å². The van der Waals surface area contributed by atoms with Crippen LogP contribution in [-0.4, -0.2) is 51.9 Å². The van der Waals surface area contributed by atoms with Gasteiger partial charge in [-0.15, -0.1) is 0 Å². The monoisotopic (exact) mass is 462 g/mol. The number of carbonyl (C=O) groups excluding carboxylic acids is 1. The number of nitrogen functional groups attached to an aromatic ring is 1. The van der Waals surface area contributed by atoms with Crippen LogP contribution in [0.2, 0.25) is 5.02 Å². The van der Waals surface area contributed by atoms with Crippen molar-refractivity contribution < 1.29 is 18.0 Å². The SMILES string of the molecule is C=CC(=O)N1CCN(c2ncnc3cc(-c4nc(N)ccc4C(F)(F)F)c(Cl)cc23)CC1. The number of amides is 1. The minimum atomic E-state index is -4.63. The number of carbonyl (C=O) groups is 1. The summed E-state index contributed by atoms with van der Waals surface area (Å²) in [6.45, 7) is 5.54. The summed E-state index contributed by atoms with van der Waals surface area (Å²) in [7, 11) is 0. The number of aromatic nitrogens is 3. The number of piperazine rings is 1. The second kappa shape index (κ2) is 8.27. The molecule has 1 saturated heterocycles. The molecule has 1 amide bonds. The molecule has 0 bridgehead atoms. The minimum Gasteiger partial charge on any atom is -0.384 e. The number of anilines is 2. The number of rotatable bonds is 3. The lowest BCUT2D eigenvalue weighted by atomic mass is 10.0. The summed E-state index contributed by atoms with van der Waals surface area (Å²) in [6, 6.07) is 4.97. The van der Waals surface area contributed by atoms with Crippen LogP contribution in [0, 0.1) is 0 Å². The molecule has 3 aromatic rings. The van der Waals surface area contributed by atoms with E-state index < -0.39 is 11.7 Å². The zero-order valence-corrected chi connectivity index (χ0v) is 17.5. The van der Waals surface area contributed by atoms with Crippen molar-refractivity contribution in [3.8, 4) is 11.3 Å². The van der Waals surface area contributed by atoms with E-state index in [0.29, 0.717) is 42.9 Å². The van der Waals surface area contributed by atoms with E-state index in [-0.39, 0.29) is 28.0 Å². The molecule has 32 heavy (non-hydrogen) atoms. The quantitative estimate of drug-likeness (QED) is 0.596. The Labute approximate surface area is 186 Å². The molecule has 0 atom stereocenters. The van der Waals surface area contributed by atoms with E-state index in [1.54, 1.807) is 4.90 Å². The zero-order valence-electron chi connectivity index (χ0n) is 16.7. The summed E-state index contributed by atoms with van der Waals surface area (Å²) in [6.07, 6.45) is -2.02. The molecule has 11 heteroatoms. The Morgan fingerprint density at radius 3 is 2.53 bits per heavy atom. The van der Waals surface area contributed by atoms with Crippen LogP contribution in [0.25, 0.3) is 22.2 Å². The first-order valence-corrected chi connectivity index (χ1v) is 10.0. The van der Waals surface area contributed by atoms with Gasteiger partial charge in [-0.1, -0.05) is 18.2 Å². The number of pyridine rings is 1. The van der Waals surface area contributed by atoms with Crippen LogP contribution < -0.4 is 10.6 Å². The molecule has 1 aliphatic heterocycles. The molecule has 2 aromatic heterocycles. The van der Waals surface area contributed by atoms with E-state index in [0.717, 1.165) is 12.1 Å². The van der Waals surface area contributed by atoms with E-state index in [9.17, 15) is 18.0 Å². The van der Waals surface area contributed by atoms with Crippen molar-refractivity contribution in [1.29, 1.82) is 0 Å². The van der Waals surface area contributed by atoms with Crippen LogP contribution >= 0.6 is 11.6 Å². The van der Waals surface area contributed by atoms with Crippen molar-refractivity contribution in [2.75, 3.05) is 36.8 Å². The maximum atomic E-state index is 13.5. The van der Waals surface area contributed by atoms with Gasteiger partial charge < -0.3 is 15.5 Å². The zero-order chi connectivity index (χ0) is 23.0. The molecule has 1 aromatic carbocycles. The van der Waals surface area contributed by atoms with E-state index in [1.165, 1.54) is 24.5 Å². The third-order valence-corrected chi connectivity index (χ3v) is 5.56. The fourth-order valence-corrected chi connectivity index (χ4v) is 3.93. The van der Waals surface area contributed by atoms with Gasteiger partial charge >= 0.3 is 6.18 Å². The van der Waals surface area contributed by atoms with Gasteiger partial charge in [-0.3, -0.25) is 4.79 Å². The summed E-state index contributed by atoms with van der Waals surface area (Å²) in [5.74, 6) is 0.394. The molecule has 1 aliphatic rings. The molecule has 2 N–H and O–H groups in total. The Hall–Kier alpha value is -3.40. The van der Waals surface area contributed by atoms with Crippen LogP contribution in [0.15, 0.2) is 43.2 Å². The first-order chi connectivity index (χ1) is 15.2. The molecule has 0 saturated carbocycles. The lowest BCUT2D eigenvalue weighted by Gasteiger charge is -2.35. The molecule has 4 rings (SSSR count). The first-order valence-electron chi connectivity index (χ1n) is 9.63. The number of nitrogens with zero attached hydrogens (tertiary/aromatic N) is 5. The topological polar surface area (TPSA) is 88.2 Å². The third-order valence-electron chi connectivity index (χ3n) is 5.25. The van der Waals surface area contributed by atoms with Crippen LogP contribution in [0.5, 0.6) is 0 Å². The molecule has 3 heterocycles. The highest BCUT2D eigenvalue weighted by Gasteiger charge is 2.35. The molecule has 0 aliphatic carbocycles. The van der Waals surface area contributed by atoms with Crippen molar-refractivity contribution in [2.45, 2.75) is 6.18 Å². The molecule has 7 nitrogen and oxygen atoms in total. The average molecular weight is 463 g/mol. The number of hydrogen-bond acceptors (Lipinski definition) is 6. The minimum absolute atomic E-state index is 0.0560. The highest BCUT2D eigenvalue weighted by atomic mass is 35.5. The maximum Gasteiger partial charge on any atom is 0.418 e. The van der Waals surface area contributed by atoms with Crippen molar-refractivity contribution in [3.05, 3.63) is 53.8 Å². The first kappa shape index (κ1) is 21.8. The Kier molecular flexibility index (Phi) is 5.64. The summed E-state index contributed by atoms with van der Waals surface area (Å²) in [4.78, 5) is 27.9. The van der Waals surface area contributed by atoms with Gasteiger partial charge in [0.15, 0.2) is 0 Å². The smallest absolute Gasteiger partial charge is 0.384 e. The number of fused-ring (bicyclic) bond motifs is 1. The van der Waals surface area contributed by atoms with E-state index in [2.05, 4.69) is 21.5 Å². The van der Waals surface area contributed by atoms with Crippen LogP contribution in [0.4, 0.5) is 24.8 Å². The average Bonchev–Trinajstić information content (AvgIpc) is 2.77. The molecule has 1 fully saturated rings. The lowest BCUT2D eigenvalue weighted by Crippen LogP contribution is -2.48. The van der Waals surface area contributed by atoms with Gasteiger partial charge in [-0.25, -0.2) is 15.0 Å². The van der Waals surface area contributed by atoms with Crippen LogP contribution in [0.1, 0.15) is 5.56 Å². The number of hydrogen-bond donors (Lipinski definition) is 1. The predicted octanol–water partition coefficient (Wildman–Crippen LogP) is 3.78. The van der Waals surface area contributed by atoms with Gasteiger partial charge in [0.25, 0.3) is 0 Å². The van der Waals surface area contributed by atoms with Crippen LogP contribution in [-0.2, 0) is 11.0 Å².